The maximum absolute atomic E-state index is 12.3. The number of halogens is 1. The number of aryl methyl sites for hydroxylation is 1. The number of sulfonamides is 1. The monoisotopic (exact) mass is 457 g/mol. The van der Waals surface area contributed by atoms with Crippen molar-refractivity contribution in [1.82, 2.24) is 4.72 Å². The molecule has 0 radical (unpaired) electrons. The average molecular weight is 458 g/mol. The van der Waals surface area contributed by atoms with E-state index in [4.69, 9.17) is 9.47 Å². The van der Waals surface area contributed by atoms with Crippen molar-refractivity contribution in [3.05, 3.63) is 58.6 Å². The number of carbonyl (C=O) groups excluding carboxylic acids is 1. The Labute approximate surface area is 166 Å². The Morgan fingerprint density at radius 2 is 1.81 bits per heavy atom. The van der Waals surface area contributed by atoms with E-state index in [1.54, 1.807) is 18.2 Å². The molecule has 2 N–H and O–H groups in total. The lowest BCUT2D eigenvalue weighted by molar-refractivity contribution is -0.147. The van der Waals surface area contributed by atoms with Crippen LogP contribution in [-0.2, 0) is 19.6 Å². The summed E-state index contributed by atoms with van der Waals surface area (Å²) in [6, 6.07) is 11.9. The van der Waals surface area contributed by atoms with Gasteiger partial charge < -0.3 is 14.6 Å². The van der Waals surface area contributed by atoms with Crippen molar-refractivity contribution in [1.29, 1.82) is 0 Å². The first-order valence-corrected chi connectivity index (χ1v) is 10.3. The molecule has 2 rings (SSSR count). The van der Waals surface area contributed by atoms with Crippen LogP contribution in [0.2, 0.25) is 0 Å². The molecule has 0 saturated heterocycles. The number of esters is 1. The zero-order chi connectivity index (χ0) is 19.9. The molecule has 0 aromatic heterocycles. The molecule has 2 aromatic rings. The molecule has 1 unspecified atom stereocenters. The van der Waals surface area contributed by atoms with E-state index < -0.39 is 28.6 Å². The summed E-state index contributed by atoms with van der Waals surface area (Å²) in [5, 5.41) is 9.36. The SMILES string of the molecule is Cc1ccccc1OCCOC(=O)C(CO)NS(=O)(=O)c1ccc(Br)cc1. The first-order valence-electron chi connectivity index (χ1n) is 8.07. The molecule has 27 heavy (non-hydrogen) atoms. The Hall–Kier alpha value is -1.94. The summed E-state index contributed by atoms with van der Waals surface area (Å²) >= 11 is 3.22. The van der Waals surface area contributed by atoms with Crippen LogP contribution in [0, 0.1) is 6.92 Å². The van der Waals surface area contributed by atoms with Gasteiger partial charge in [0, 0.05) is 4.47 Å². The summed E-state index contributed by atoms with van der Waals surface area (Å²) in [5.41, 5.74) is 0.944. The van der Waals surface area contributed by atoms with Crippen LogP contribution in [0.15, 0.2) is 57.9 Å². The number of rotatable bonds is 9. The van der Waals surface area contributed by atoms with E-state index in [1.165, 1.54) is 12.1 Å². The molecule has 146 valence electrons. The number of nitrogens with one attached hydrogen (secondary N) is 1. The van der Waals surface area contributed by atoms with Crippen molar-refractivity contribution in [2.45, 2.75) is 17.9 Å². The number of para-hydroxylation sites is 1. The maximum atomic E-state index is 12.3. The van der Waals surface area contributed by atoms with Crippen molar-refractivity contribution in [2.75, 3.05) is 19.8 Å². The van der Waals surface area contributed by atoms with Crippen LogP contribution >= 0.6 is 15.9 Å². The van der Waals surface area contributed by atoms with E-state index in [2.05, 4.69) is 20.7 Å². The fourth-order valence-electron chi connectivity index (χ4n) is 2.14. The smallest absolute Gasteiger partial charge is 0.326 e. The van der Waals surface area contributed by atoms with Gasteiger partial charge in [0.15, 0.2) is 0 Å². The number of carbonyl (C=O) groups is 1. The Balaban J connectivity index is 1.88. The van der Waals surface area contributed by atoms with Crippen LogP contribution in [0.3, 0.4) is 0 Å². The summed E-state index contributed by atoms with van der Waals surface area (Å²) in [4.78, 5) is 12.0. The van der Waals surface area contributed by atoms with Gasteiger partial charge in [-0.25, -0.2) is 8.42 Å². The lowest BCUT2D eigenvalue weighted by Crippen LogP contribution is -2.44. The van der Waals surface area contributed by atoms with Gasteiger partial charge in [-0.3, -0.25) is 4.79 Å². The summed E-state index contributed by atoms with van der Waals surface area (Å²) < 4.78 is 38.0. The minimum Gasteiger partial charge on any atom is -0.490 e. The molecule has 0 saturated carbocycles. The second-order valence-corrected chi connectivity index (χ2v) is 8.22. The lowest BCUT2D eigenvalue weighted by Gasteiger charge is -2.16. The standard InChI is InChI=1S/C18H20BrNO6S/c1-13-4-2-3-5-17(13)25-10-11-26-18(22)16(12-21)20-27(23,24)15-8-6-14(19)7-9-15/h2-9,16,20-21H,10-12H2,1H3. The third kappa shape index (κ3) is 6.31. The number of benzene rings is 2. The summed E-state index contributed by atoms with van der Waals surface area (Å²) in [6.45, 7) is 1.19. The third-order valence-corrected chi connectivity index (χ3v) is 5.58. The molecule has 9 heteroatoms. The molecule has 0 fully saturated rings. The van der Waals surface area contributed by atoms with Crippen molar-refractivity contribution in [2.24, 2.45) is 0 Å². The maximum Gasteiger partial charge on any atom is 0.326 e. The molecule has 1 atom stereocenters. The zero-order valence-electron chi connectivity index (χ0n) is 14.6. The van der Waals surface area contributed by atoms with Gasteiger partial charge in [0.1, 0.15) is 25.0 Å². The van der Waals surface area contributed by atoms with Crippen molar-refractivity contribution >= 4 is 31.9 Å². The van der Waals surface area contributed by atoms with Gasteiger partial charge in [-0.15, -0.1) is 0 Å². The predicted octanol–water partition coefficient (Wildman–Crippen LogP) is 2.02. The van der Waals surface area contributed by atoms with Crippen LogP contribution in [0.4, 0.5) is 0 Å². The molecule has 0 spiro atoms. The summed E-state index contributed by atoms with van der Waals surface area (Å²) in [6.07, 6.45) is 0. The van der Waals surface area contributed by atoms with Gasteiger partial charge in [-0.05, 0) is 42.8 Å². The Morgan fingerprint density at radius 1 is 1.15 bits per heavy atom. The van der Waals surface area contributed by atoms with E-state index in [-0.39, 0.29) is 18.1 Å². The number of ether oxygens (including phenoxy) is 2. The molecular formula is C18H20BrNO6S. The number of hydrogen-bond donors (Lipinski definition) is 2. The number of hydrogen-bond acceptors (Lipinski definition) is 6. The van der Waals surface area contributed by atoms with Gasteiger partial charge >= 0.3 is 5.97 Å². The first-order chi connectivity index (χ1) is 12.8. The number of aliphatic hydroxyl groups is 1. The van der Waals surface area contributed by atoms with E-state index in [0.717, 1.165) is 5.56 Å². The first kappa shape index (κ1) is 21.4. The van der Waals surface area contributed by atoms with Crippen LogP contribution < -0.4 is 9.46 Å². The fraction of sp³-hybridized carbons (Fsp3) is 0.278. The molecule has 0 heterocycles. The van der Waals surface area contributed by atoms with Crippen molar-refractivity contribution in [3.8, 4) is 5.75 Å². The van der Waals surface area contributed by atoms with Crippen molar-refractivity contribution < 1.29 is 27.8 Å². The zero-order valence-corrected chi connectivity index (χ0v) is 17.0. The molecule has 0 aliphatic carbocycles. The molecule has 2 aromatic carbocycles. The normalized spacial score (nSPS) is 12.4. The summed E-state index contributed by atoms with van der Waals surface area (Å²) in [5.74, 6) is -0.213. The van der Waals surface area contributed by atoms with Crippen LogP contribution in [-0.4, -0.2) is 45.4 Å². The topological polar surface area (TPSA) is 102 Å². The van der Waals surface area contributed by atoms with Gasteiger partial charge in [0.25, 0.3) is 0 Å². The minimum absolute atomic E-state index is 0.0279. The molecule has 0 amide bonds. The molecule has 0 aliphatic rings. The van der Waals surface area contributed by atoms with E-state index in [1.807, 2.05) is 25.1 Å². The van der Waals surface area contributed by atoms with Crippen molar-refractivity contribution in [3.63, 3.8) is 0 Å². The van der Waals surface area contributed by atoms with Gasteiger partial charge in [0.05, 0.1) is 11.5 Å². The van der Waals surface area contributed by atoms with E-state index >= 15 is 0 Å². The van der Waals surface area contributed by atoms with Crippen LogP contribution in [0.1, 0.15) is 5.56 Å². The molecule has 0 bridgehead atoms. The van der Waals surface area contributed by atoms with Crippen LogP contribution in [0.5, 0.6) is 5.75 Å². The minimum atomic E-state index is -3.98. The second kappa shape index (κ2) is 9.84. The predicted molar refractivity (Wildman–Crippen MR) is 103 cm³/mol. The highest BCUT2D eigenvalue weighted by Crippen LogP contribution is 2.16. The third-order valence-electron chi connectivity index (χ3n) is 3.57. The van der Waals surface area contributed by atoms with Gasteiger partial charge in [-0.2, -0.15) is 4.72 Å². The van der Waals surface area contributed by atoms with Gasteiger partial charge in [-0.1, -0.05) is 34.1 Å². The average Bonchev–Trinajstić information content (AvgIpc) is 2.64. The Morgan fingerprint density at radius 3 is 2.44 bits per heavy atom. The number of aliphatic hydroxyl groups excluding tert-OH is 1. The largest absolute Gasteiger partial charge is 0.490 e. The molecular weight excluding hydrogens is 438 g/mol. The molecule has 0 aliphatic heterocycles. The highest BCUT2D eigenvalue weighted by atomic mass is 79.9. The highest BCUT2D eigenvalue weighted by molar-refractivity contribution is 9.10. The lowest BCUT2D eigenvalue weighted by atomic mass is 10.2. The molecule has 7 nitrogen and oxygen atoms in total. The van der Waals surface area contributed by atoms with E-state index in [0.29, 0.717) is 10.2 Å². The fourth-order valence-corrected chi connectivity index (χ4v) is 3.58. The van der Waals surface area contributed by atoms with E-state index in [9.17, 15) is 18.3 Å². The second-order valence-electron chi connectivity index (χ2n) is 5.59. The summed E-state index contributed by atoms with van der Waals surface area (Å²) in [7, 11) is -3.98. The Bertz CT molecular complexity index is 870. The van der Waals surface area contributed by atoms with Gasteiger partial charge in [0.2, 0.25) is 10.0 Å². The van der Waals surface area contributed by atoms with Crippen LogP contribution in [0.25, 0.3) is 0 Å². The highest BCUT2D eigenvalue weighted by Gasteiger charge is 2.26. The Kier molecular flexibility index (Phi) is 7.78. The quantitative estimate of drug-likeness (QED) is 0.441.